The molecule has 4 aliphatic rings. The SMILES string of the molecule is CCNc1nc(C)c(C(=O)N2C[C@H]3CC[C@@H]2CN(C2CCOCC2)C3)s1. The van der Waals surface area contributed by atoms with Gasteiger partial charge in [0.25, 0.3) is 5.91 Å². The zero-order chi connectivity index (χ0) is 18.1. The summed E-state index contributed by atoms with van der Waals surface area (Å²) in [7, 11) is 0. The summed E-state index contributed by atoms with van der Waals surface area (Å²) in [5.74, 6) is 0.787. The molecule has 26 heavy (non-hydrogen) atoms. The van der Waals surface area contributed by atoms with E-state index in [1.165, 1.54) is 17.8 Å². The van der Waals surface area contributed by atoms with E-state index in [4.69, 9.17) is 4.74 Å². The maximum absolute atomic E-state index is 13.3. The second kappa shape index (κ2) is 7.82. The number of rotatable bonds is 4. The van der Waals surface area contributed by atoms with Crippen molar-refractivity contribution in [2.75, 3.05) is 44.7 Å². The van der Waals surface area contributed by atoms with Crippen molar-refractivity contribution < 1.29 is 9.53 Å². The molecule has 1 aromatic heterocycles. The number of anilines is 1. The van der Waals surface area contributed by atoms with Crippen LogP contribution in [-0.4, -0.2) is 72.2 Å². The predicted molar refractivity (Wildman–Crippen MR) is 104 cm³/mol. The number of aryl methyl sites for hydroxylation is 1. The van der Waals surface area contributed by atoms with Crippen LogP contribution in [0.25, 0.3) is 0 Å². The Labute approximate surface area is 159 Å². The molecule has 4 aliphatic heterocycles. The number of amides is 1. The van der Waals surface area contributed by atoms with Crippen LogP contribution in [0.2, 0.25) is 0 Å². The summed E-state index contributed by atoms with van der Waals surface area (Å²) in [6.07, 6.45) is 4.65. The van der Waals surface area contributed by atoms with Gasteiger partial charge in [-0.3, -0.25) is 9.69 Å². The zero-order valence-electron chi connectivity index (χ0n) is 15.9. The highest BCUT2D eigenvalue weighted by Crippen LogP contribution is 2.33. The quantitative estimate of drug-likeness (QED) is 0.873. The van der Waals surface area contributed by atoms with E-state index in [0.29, 0.717) is 18.0 Å². The van der Waals surface area contributed by atoms with Gasteiger partial charge in [0.05, 0.1) is 5.69 Å². The van der Waals surface area contributed by atoms with Gasteiger partial charge in [-0.25, -0.2) is 4.98 Å². The Hall–Kier alpha value is -1.18. The number of ether oxygens (including phenoxy) is 1. The van der Waals surface area contributed by atoms with Gasteiger partial charge in [0.15, 0.2) is 5.13 Å². The van der Waals surface area contributed by atoms with Crippen molar-refractivity contribution in [3.63, 3.8) is 0 Å². The van der Waals surface area contributed by atoms with Crippen LogP contribution in [0.5, 0.6) is 0 Å². The fourth-order valence-electron chi connectivity index (χ4n) is 4.67. The Morgan fingerprint density at radius 3 is 2.77 bits per heavy atom. The van der Waals surface area contributed by atoms with Crippen LogP contribution in [0, 0.1) is 12.8 Å². The minimum Gasteiger partial charge on any atom is -0.381 e. The van der Waals surface area contributed by atoms with Crippen molar-refractivity contribution in [1.29, 1.82) is 0 Å². The van der Waals surface area contributed by atoms with E-state index in [0.717, 1.165) is 74.4 Å². The van der Waals surface area contributed by atoms with Crippen molar-refractivity contribution in [1.82, 2.24) is 14.8 Å². The van der Waals surface area contributed by atoms with E-state index < -0.39 is 0 Å². The first-order valence-electron chi connectivity index (χ1n) is 9.99. The van der Waals surface area contributed by atoms with Crippen molar-refractivity contribution in [3.05, 3.63) is 10.6 Å². The molecule has 7 heteroatoms. The molecule has 1 amide bonds. The molecule has 1 aromatic rings. The molecule has 144 valence electrons. The van der Waals surface area contributed by atoms with Crippen molar-refractivity contribution in [3.8, 4) is 0 Å². The van der Waals surface area contributed by atoms with Gasteiger partial charge >= 0.3 is 0 Å². The first-order chi connectivity index (χ1) is 12.7. The Morgan fingerprint density at radius 2 is 2.00 bits per heavy atom. The normalized spacial score (nSPS) is 27.5. The largest absolute Gasteiger partial charge is 0.381 e. The van der Waals surface area contributed by atoms with Crippen LogP contribution >= 0.6 is 11.3 Å². The smallest absolute Gasteiger partial charge is 0.266 e. The maximum Gasteiger partial charge on any atom is 0.266 e. The number of nitrogens with zero attached hydrogens (tertiary/aromatic N) is 3. The number of thiazole rings is 1. The van der Waals surface area contributed by atoms with E-state index in [1.54, 1.807) is 0 Å². The van der Waals surface area contributed by atoms with Crippen molar-refractivity contribution in [2.24, 2.45) is 5.92 Å². The monoisotopic (exact) mass is 378 g/mol. The van der Waals surface area contributed by atoms with E-state index in [2.05, 4.69) is 27.0 Å². The van der Waals surface area contributed by atoms with Gasteiger partial charge in [0.2, 0.25) is 0 Å². The molecular formula is C19H30N4O2S. The Kier molecular flexibility index (Phi) is 5.47. The second-order valence-corrected chi connectivity index (χ2v) is 8.82. The molecule has 2 atom stereocenters. The molecule has 5 heterocycles. The van der Waals surface area contributed by atoms with Crippen LogP contribution in [0.15, 0.2) is 0 Å². The third-order valence-corrected chi connectivity index (χ3v) is 7.13. The first-order valence-corrected chi connectivity index (χ1v) is 10.8. The molecule has 2 bridgehead atoms. The number of hydrogen-bond acceptors (Lipinski definition) is 6. The standard InChI is InChI=1S/C19H30N4O2S/c1-3-20-19-21-13(2)17(26-19)18(24)23-11-14-4-5-16(23)12-22(10-14)15-6-8-25-9-7-15/h14-16H,3-12H2,1-2H3,(H,20,21)/t14-,16+/m0/s1. The van der Waals surface area contributed by atoms with E-state index in [1.807, 2.05) is 6.92 Å². The average Bonchev–Trinajstić information content (AvgIpc) is 2.84. The molecule has 4 saturated heterocycles. The van der Waals surface area contributed by atoms with Gasteiger partial charge in [-0.05, 0) is 45.4 Å². The summed E-state index contributed by atoms with van der Waals surface area (Å²) < 4.78 is 5.54. The molecule has 0 aromatic carbocycles. The second-order valence-electron chi connectivity index (χ2n) is 7.82. The number of nitrogens with one attached hydrogen (secondary N) is 1. The van der Waals surface area contributed by atoms with Gasteiger partial charge < -0.3 is 15.0 Å². The highest BCUT2D eigenvalue weighted by Gasteiger charge is 2.40. The molecule has 1 N–H and O–H groups in total. The lowest BCUT2D eigenvalue weighted by molar-refractivity contribution is 0.0304. The minimum atomic E-state index is 0.188. The molecule has 0 unspecified atom stereocenters. The predicted octanol–water partition coefficient (Wildman–Crippen LogP) is 2.60. The molecule has 0 aliphatic carbocycles. The van der Waals surface area contributed by atoms with Crippen molar-refractivity contribution >= 4 is 22.4 Å². The lowest BCUT2D eigenvalue weighted by atomic mass is 9.95. The van der Waals surface area contributed by atoms with Crippen molar-refractivity contribution in [2.45, 2.75) is 51.6 Å². The zero-order valence-corrected chi connectivity index (χ0v) is 16.7. The molecule has 4 fully saturated rings. The van der Waals surface area contributed by atoms with E-state index in [9.17, 15) is 4.79 Å². The van der Waals surface area contributed by atoms with E-state index >= 15 is 0 Å². The number of aromatic nitrogens is 1. The lowest BCUT2D eigenvalue weighted by Gasteiger charge is -2.37. The van der Waals surface area contributed by atoms with Gasteiger partial charge in [-0.15, -0.1) is 0 Å². The van der Waals surface area contributed by atoms with Crippen LogP contribution in [-0.2, 0) is 4.74 Å². The molecule has 0 saturated carbocycles. The summed E-state index contributed by atoms with van der Waals surface area (Å²) >= 11 is 1.51. The molecule has 6 nitrogen and oxygen atoms in total. The molecule has 0 spiro atoms. The van der Waals surface area contributed by atoms with Gasteiger partial charge in [0.1, 0.15) is 4.88 Å². The number of carbonyl (C=O) groups excluding carboxylic acids is 1. The Bertz CT molecular complexity index is 643. The van der Waals surface area contributed by atoms with Crippen LogP contribution in [0.4, 0.5) is 5.13 Å². The number of carbonyl (C=O) groups is 1. The van der Waals surface area contributed by atoms with Gasteiger partial charge in [-0.1, -0.05) is 11.3 Å². The summed E-state index contributed by atoms with van der Waals surface area (Å²) in [5.41, 5.74) is 0.859. The molecule has 0 radical (unpaired) electrons. The Morgan fingerprint density at radius 1 is 1.19 bits per heavy atom. The lowest BCUT2D eigenvalue weighted by Crippen LogP contribution is -2.48. The fraction of sp³-hybridized carbons (Fsp3) is 0.789. The maximum atomic E-state index is 13.3. The summed E-state index contributed by atoms with van der Waals surface area (Å²) in [4.78, 5) is 23.4. The highest BCUT2D eigenvalue weighted by atomic mass is 32.1. The highest BCUT2D eigenvalue weighted by molar-refractivity contribution is 7.17. The Balaban J connectivity index is 1.50. The van der Waals surface area contributed by atoms with Gasteiger partial charge in [0, 0.05) is 51.5 Å². The van der Waals surface area contributed by atoms with Crippen LogP contribution in [0.3, 0.4) is 0 Å². The number of hydrogen-bond donors (Lipinski definition) is 1. The fourth-order valence-corrected chi connectivity index (χ4v) is 5.66. The van der Waals surface area contributed by atoms with Gasteiger partial charge in [-0.2, -0.15) is 0 Å². The minimum absolute atomic E-state index is 0.188. The summed E-state index contributed by atoms with van der Waals surface area (Å²) in [6, 6.07) is 0.973. The third kappa shape index (κ3) is 3.62. The number of piperidine rings is 1. The van der Waals surface area contributed by atoms with Crippen LogP contribution < -0.4 is 5.32 Å². The third-order valence-electron chi connectivity index (χ3n) is 6.03. The summed E-state index contributed by atoms with van der Waals surface area (Å²) in [6.45, 7) is 9.65. The van der Waals surface area contributed by atoms with Crippen LogP contribution in [0.1, 0.15) is 48.0 Å². The van der Waals surface area contributed by atoms with E-state index in [-0.39, 0.29) is 5.91 Å². The average molecular weight is 379 g/mol. The first kappa shape index (κ1) is 18.2. The topological polar surface area (TPSA) is 57.7 Å². The number of fused-ring (bicyclic) bond motifs is 4. The molecular weight excluding hydrogens is 348 g/mol. The molecule has 5 rings (SSSR count). The summed E-state index contributed by atoms with van der Waals surface area (Å²) in [5, 5.41) is 4.10.